The molecule has 2 unspecified atom stereocenters. The lowest BCUT2D eigenvalue weighted by atomic mass is 10.1. The van der Waals surface area contributed by atoms with Gasteiger partial charge in [-0.05, 0) is 28.5 Å². The van der Waals surface area contributed by atoms with E-state index in [0.29, 0.717) is 0 Å². The van der Waals surface area contributed by atoms with E-state index in [2.05, 4.69) is 35.1 Å². The molecule has 0 saturated heterocycles. The van der Waals surface area contributed by atoms with Crippen LogP contribution in [-0.4, -0.2) is 37.5 Å². The Labute approximate surface area is 163 Å². The summed E-state index contributed by atoms with van der Waals surface area (Å²) < 4.78 is 9.88. The first-order chi connectivity index (χ1) is 13.2. The number of hydrogen-bond acceptors (Lipinski definition) is 5. The predicted octanol–water partition coefficient (Wildman–Crippen LogP) is 4.22. The molecular formula is C22H22O4S. The lowest BCUT2D eigenvalue weighted by molar-refractivity contribution is -0.146. The van der Waals surface area contributed by atoms with Crippen LogP contribution in [0.5, 0.6) is 0 Å². The molecular weight excluding hydrogens is 360 g/mol. The third kappa shape index (κ3) is 5.32. The molecule has 5 heteroatoms. The number of rotatable bonds is 8. The van der Waals surface area contributed by atoms with E-state index in [1.165, 1.54) is 12.5 Å². The van der Waals surface area contributed by atoms with Gasteiger partial charge in [0.25, 0.3) is 0 Å². The molecule has 0 amide bonds. The second-order valence-corrected chi connectivity index (χ2v) is 7.33. The van der Waals surface area contributed by atoms with Gasteiger partial charge in [-0.25, -0.2) is 4.79 Å². The number of esters is 1. The zero-order valence-corrected chi connectivity index (χ0v) is 15.9. The first-order valence-corrected chi connectivity index (χ1v) is 9.58. The number of aliphatic hydroxyl groups excluding tert-OH is 1. The molecule has 2 atom stereocenters. The number of carbonyl (C=O) groups excluding carboxylic acids is 1. The molecule has 0 aromatic heterocycles. The summed E-state index contributed by atoms with van der Waals surface area (Å²) in [6.07, 6.45) is -0.770. The predicted molar refractivity (Wildman–Crippen MR) is 108 cm³/mol. The second kappa shape index (κ2) is 9.55. The molecule has 27 heavy (non-hydrogen) atoms. The Balaban J connectivity index is 1.77. The minimum atomic E-state index is -0.770. The fraction of sp³-hybridized carbons (Fsp3) is 0.227. The molecule has 0 spiro atoms. The fourth-order valence-corrected chi connectivity index (χ4v) is 3.97. The molecule has 0 fully saturated rings. The highest BCUT2D eigenvalue weighted by Gasteiger charge is 2.23. The Hall–Kier alpha value is -2.34. The molecule has 1 N–H and O–H groups in total. The van der Waals surface area contributed by atoms with Gasteiger partial charge in [0.05, 0.1) is 25.1 Å². The number of fused-ring (bicyclic) bond motifs is 1. The molecule has 3 rings (SSSR count). The number of carbonyl (C=O) groups is 1. The van der Waals surface area contributed by atoms with Crippen molar-refractivity contribution in [3.63, 3.8) is 0 Å². The van der Waals surface area contributed by atoms with Gasteiger partial charge >= 0.3 is 5.97 Å². The van der Waals surface area contributed by atoms with Crippen LogP contribution in [-0.2, 0) is 14.3 Å². The molecule has 3 aromatic rings. The third-order valence-electron chi connectivity index (χ3n) is 4.20. The van der Waals surface area contributed by atoms with Crippen molar-refractivity contribution in [1.82, 2.24) is 0 Å². The lowest BCUT2D eigenvalue weighted by Crippen LogP contribution is -2.24. The minimum Gasteiger partial charge on any atom is -0.467 e. The van der Waals surface area contributed by atoms with E-state index in [1.54, 1.807) is 11.8 Å². The third-order valence-corrected chi connectivity index (χ3v) is 5.56. The van der Waals surface area contributed by atoms with E-state index in [-0.39, 0.29) is 18.5 Å². The second-order valence-electron chi connectivity index (χ2n) is 6.12. The van der Waals surface area contributed by atoms with Crippen molar-refractivity contribution in [3.8, 4) is 0 Å². The topological polar surface area (TPSA) is 55.8 Å². The van der Waals surface area contributed by atoms with Gasteiger partial charge in [-0.3, -0.25) is 0 Å². The Morgan fingerprint density at radius 3 is 2.44 bits per heavy atom. The highest BCUT2D eigenvalue weighted by atomic mass is 32.2. The highest BCUT2D eigenvalue weighted by molar-refractivity contribution is 7.99. The van der Waals surface area contributed by atoms with Crippen LogP contribution >= 0.6 is 11.8 Å². The molecule has 0 heterocycles. The largest absolute Gasteiger partial charge is 0.467 e. The molecule has 0 aliphatic carbocycles. The number of benzene rings is 3. The Morgan fingerprint density at radius 1 is 1.00 bits per heavy atom. The van der Waals surface area contributed by atoms with E-state index in [4.69, 9.17) is 4.74 Å². The van der Waals surface area contributed by atoms with Crippen LogP contribution in [0.25, 0.3) is 10.8 Å². The SMILES string of the molecule is COC(=O)COCC(O)C(Sc1ccc2ccccc2c1)c1ccccc1. The maximum atomic E-state index is 11.2. The van der Waals surface area contributed by atoms with Gasteiger partial charge in [-0.1, -0.05) is 60.7 Å². The minimum absolute atomic E-state index is 0.0508. The van der Waals surface area contributed by atoms with Crippen molar-refractivity contribution in [2.75, 3.05) is 20.3 Å². The number of thioether (sulfide) groups is 1. The zero-order chi connectivity index (χ0) is 19.1. The number of methoxy groups -OCH3 is 1. The van der Waals surface area contributed by atoms with Crippen molar-refractivity contribution in [3.05, 3.63) is 78.4 Å². The van der Waals surface area contributed by atoms with Crippen LogP contribution in [0, 0.1) is 0 Å². The average molecular weight is 382 g/mol. The summed E-state index contributed by atoms with van der Waals surface area (Å²) in [6, 6.07) is 24.3. The average Bonchev–Trinajstić information content (AvgIpc) is 2.72. The lowest BCUT2D eigenvalue weighted by Gasteiger charge is -2.23. The molecule has 3 aromatic carbocycles. The number of ether oxygens (including phenoxy) is 2. The summed E-state index contributed by atoms with van der Waals surface area (Å²) in [6.45, 7) is -0.120. The van der Waals surface area contributed by atoms with Crippen molar-refractivity contribution < 1.29 is 19.4 Å². The Morgan fingerprint density at radius 2 is 1.70 bits per heavy atom. The fourth-order valence-electron chi connectivity index (χ4n) is 2.81. The zero-order valence-electron chi connectivity index (χ0n) is 15.1. The smallest absolute Gasteiger partial charge is 0.331 e. The van der Waals surface area contributed by atoms with Gasteiger partial charge in [0, 0.05) is 4.90 Å². The van der Waals surface area contributed by atoms with Crippen molar-refractivity contribution >= 4 is 28.5 Å². The van der Waals surface area contributed by atoms with Gasteiger partial charge in [-0.15, -0.1) is 11.8 Å². The van der Waals surface area contributed by atoms with Crippen LogP contribution in [0.15, 0.2) is 77.7 Å². The van der Waals surface area contributed by atoms with Gasteiger partial charge < -0.3 is 14.6 Å². The van der Waals surface area contributed by atoms with Crippen LogP contribution in [0.2, 0.25) is 0 Å². The number of hydrogen-bond donors (Lipinski definition) is 1. The number of aliphatic hydroxyl groups is 1. The molecule has 140 valence electrons. The molecule has 0 aliphatic heterocycles. The standard InChI is InChI=1S/C22H22O4S/c1-25-21(24)15-26-14-20(23)22(17-8-3-2-4-9-17)27-19-12-11-16-7-5-6-10-18(16)13-19/h2-13,20,22-23H,14-15H2,1H3. The first kappa shape index (κ1) is 19.4. The van der Waals surface area contributed by atoms with Crippen LogP contribution in [0.4, 0.5) is 0 Å². The van der Waals surface area contributed by atoms with Crippen LogP contribution in [0.1, 0.15) is 10.8 Å². The summed E-state index contributed by atoms with van der Waals surface area (Å²) in [5.41, 5.74) is 1.00. The summed E-state index contributed by atoms with van der Waals surface area (Å²) in [5.74, 6) is -0.458. The molecule has 0 saturated carbocycles. The van der Waals surface area contributed by atoms with Crippen LogP contribution < -0.4 is 0 Å². The maximum absolute atomic E-state index is 11.2. The summed E-state index contributed by atoms with van der Waals surface area (Å²) in [5, 5.41) is 12.8. The molecule has 0 aliphatic rings. The van der Waals surface area contributed by atoms with Gasteiger partial charge in [0.2, 0.25) is 0 Å². The van der Waals surface area contributed by atoms with E-state index in [1.807, 2.05) is 42.5 Å². The Kier molecular flexibility index (Phi) is 6.87. The van der Waals surface area contributed by atoms with Crippen LogP contribution in [0.3, 0.4) is 0 Å². The van der Waals surface area contributed by atoms with Gasteiger partial charge in [0.1, 0.15) is 6.61 Å². The van der Waals surface area contributed by atoms with Gasteiger partial charge in [-0.2, -0.15) is 0 Å². The molecule has 0 radical (unpaired) electrons. The van der Waals surface area contributed by atoms with E-state index < -0.39 is 12.1 Å². The van der Waals surface area contributed by atoms with Crippen molar-refractivity contribution in [2.45, 2.75) is 16.2 Å². The van der Waals surface area contributed by atoms with Crippen molar-refractivity contribution in [1.29, 1.82) is 0 Å². The van der Waals surface area contributed by atoms with E-state index >= 15 is 0 Å². The monoisotopic (exact) mass is 382 g/mol. The molecule has 0 bridgehead atoms. The quantitative estimate of drug-likeness (QED) is 0.467. The maximum Gasteiger partial charge on any atom is 0.331 e. The van der Waals surface area contributed by atoms with E-state index in [0.717, 1.165) is 15.8 Å². The summed E-state index contributed by atoms with van der Waals surface area (Å²) in [7, 11) is 1.31. The highest BCUT2D eigenvalue weighted by Crippen LogP contribution is 2.39. The molecule has 4 nitrogen and oxygen atoms in total. The Bertz CT molecular complexity index is 882. The summed E-state index contributed by atoms with van der Waals surface area (Å²) in [4.78, 5) is 12.3. The first-order valence-electron chi connectivity index (χ1n) is 8.70. The van der Waals surface area contributed by atoms with Crippen molar-refractivity contribution in [2.24, 2.45) is 0 Å². The summed E-state index contributed by atoms with van der Waals surface area (Å²) >= 11 is 1.58. The van der Waals surface area contributed by atoms with E-state index in [9.17, 15) is 9.90 Å². The normalized spacial score (nSPS) is 13.3. The van der Waals surface area contributed by atoms with Gasteiger partial charge in [0.15, 0.2) is 0 Å².